The van der Waals surface area contributed by atoms with Crippen LogP contribution in [0.15, 0.2) is 52.4 Å². The van der Waals surface area contributed by atoms with Crippen LogP contribution in [0.3, 0.4) is 0 Å². The lowest BCUT2D eigenvalue weighted by atomic mass is 10.0. The van der Waals surface area contributed by atoms with Crippen molar-refractivity contribution in [2.24, 2.45) is 0 Å². The molecule has 0 aliphatic carbocycles. The number of anilines is 2. The van der Waals surface area contributed by atoms with Crippen LogP contribution in [0.5, 0.6) is 0 Å². The molecular weight excluding hydrogens is 1250 g/mol. The van der Waals surface area contributed by atoms with E-state index in [4.69, 9.17) is 9.47 Å². The summed E-state index contributed by atoms with van der Waals surface area (Å²) >= 11 is 0. The average molecular weight is 1330 g/mol. The highest BCUT2D eigenvalue weighted by Gasteiger charge is 2.34. The number of carbonyl (C=O) groups is 12. The molecule has 0 spiro atoms. The fourth-order valence-electron chi connectivity index (χ4n) is 9.56. The van der Waals surface area contributed by atoms with E-state index in [9.17, 15) is 103 Å². The quantitative estimate of drug-likeness (QED) is 0.0142. The first kappa shape index (κ1) is 77.1. The van der Waals surface area contributed by atoms with Crippen molar-refractivity contribution in [3.8, 4) is 0 Å². The Morgan fingerprint density at radius 3 is 1.66 bits per heavy atom. The van der Waals surface area contributed by atoms with Gasteiger partial charge in [0.25, 0.3) is 10.9 Å². The first-order valence-electron chi connectivity index (χ1n) is 29.8. The van der Waals surface area contributed by atoms with Gasteiger partial charge in [0.05, 0.1) is 71.1 Å². The Kier molecular flexibility index (Phi) is 33.3. The third-order valence-corrected chi connectivity index (χ3v) is 14.6. The minimum absolute atomic E-state index is 0.0140. The van der Waals surface area contributed by atoms with Crippen LogP contribution in [0.4, 0.5) is 11.4 Å². The fraction of sp³-hybridized carbons (Fsp3) is 0.561. The first-order chi connectivity index (χ1) is 44.8. The molecule has 2 aromatic carbocycles. The molecule has 16 N–H and O–H groups in total. The molecule has 0 saturated carbocycles. The summed E-state index contributed by atoms with van der Waals surface area (Å²) < 4.78 is 10.8. The number of H-pyrrole nitrogens is 1. The number of aliphatic hydroxyl groups excluding tert-OH is 2. The number of aromatic nitrogens is 2. The van der Waals surface area contributed by atoms with E-state index in [0.29, 0.717) is 18.4 Å². The topological polar surface area (TPSA) is 537 Å². The maximum Gasteiger partial charge on any atom is 0.328 e. The van der Waals surface area contributed by atoms with Gasteiger partial charge in [0, 0.05) is 84.5 Å². The average Bonchev–Trinajstić information content (AvgIpc) is 0.861. The summed E-state index contributed by atoms with van der Waals surface area (Å²) in [5.74, 6) is -12.8. The number of carbonyl (C=O) groups excluding carboxylic acids is 7. The van der Waals surface area contributed by atoms with Crippen molar-refractivity contribution in [3.05, 3.63) is 74.6 Å². The number of hydrogen-bond donors (Lipinski definition) is 16. The van der Waals surface area contributed by atoms with E-state index in [1.165, 1.54) is 19.4 Å². The van der Waals surface area contributed by atoms with Crippen LogP contribution in [0.25, 0.3) is 0 Å². The second-order valence-electron chi connectivity index (χ2n) is 21.6. The Morgan fingerprint density at radius 1 is 0.585 bits per heavy atom. The lowest BCUT2D eigenvalue weighted by molar-refractivity contribution is -0.144. The second kappa shape index (κ2) is 40.6. The van der Waals surface area contributed by atoms with Gasteiger partial charge < -0.3 is 97.5 Å². The Morgan fingerprint density at radius 2 is 1.11 bits per heavy atom. The summed E-state index contributed by atoms with van der Waals surface area (Å²) in [6.07, 6.45) is 2.12. The molecule has 1 saturated heterocycles. The van der Waals surface area contributed by atoms with Crippen molar-refractivity contribution >= 4 is 83.0 Å². The Balaban J connectivity index is 1.24. The molecule has 1 aromatic heterocycles. The number of ether oxygens (including phenoxy) is 2. The number of benzene rings is 1. The summed E-state index contributed by atoms with van der Waals surface area (Å²) in [6.45, 7) is -0.832. The molecule has 6 amide bonds. The van der Waals surface area contributed by atoms with Crippen LogP contribution in [0.1, 0.15) is 37.4 Å². The van der Waals surface area contributed by atoms with E-state index in [-0.39, 0.29) is 141 Å². The fourth-order valence-corrected chi connectivity index (χ4v) is 9.56. The zero-order valence-corrected chi connectivity index (χ0v) is 51.5. The lowest BCUT2D eigenvalue weighted by Gasteiger charge is -2.35. The van der Waals surface area contributed by atoms with Crippen LogP contribution in [0.2, 0.25) is 0 Å². The number of aliphatic carboxylic acids is 5. The number of nitrogens with one attached hydrogen (secondary N) is 9. The maximum atomic E-state index is 13.8. The molecule has 1 aliphatic heterocycles. The zero-order chi connectivity index (χ0) is 69.3. The predicted octanol–water partition coefficient (Wildman–Crippen LogP) is -7.36. The Hall–Kier alpha value is -9.37. The molecule has 0 radical (unpaired) electrons. The van der Waals surface area contributed by atoms with Gasteiger partial charge in [-0.15, -0.1) is 0 Å². The van der Waals surface area contributed by atoms with Crippen LogP contribution >= 0.6 is 0 Å². The molecular formula is C57H82N14O23. The number of aliphatic hydroxyl groups is 2. The number of nitrogens with zero attached hydrogens (tertiary/aromatic N) is 5. The molecule has 518 valence electrons. The van der Waals surface area contributed by atoms with E-state index >= 15 is 0 Å². The van der Waals surface area contributed by atoms with Crippen LogP contribution < -0.4 is 53.4 Å². The van der Waals surface area contributed by atoms with Gasteiger partial charge in [-0.25, -0.2) is 9.78 Å². The standard InChI is InChI=1S/C57H82N14O23/c1-34(51(84)64-38(25-36-27-58-33-61-36)54(87)66-40(30-73)55(88)65-37(24-35-6-3-2-4-7-35)53(86)67-41(31-74)56(89)90)62-52(85)39(26-44(76)77)63-43(75)32-94-23-22-93-21-10-60-48-47(49(82)50(48)83)59-9-5-8-42(57(91)92)71-17-15-68(19-20-72)11-12-69(28-45(78)79)13-14-70(16-18-71)29-46(80)81/h2-4,6-7,20,27,33-34,37-42,59-60,73-74H,5,8-19,21-26,28-32H2,1H3,(H,58,61)(H,62,85)(H,63,75)(H,64,84)(H,65,88)(H,66,87)(H,67,86)(H,76,77)(H,78,79)(H,80,81)(H,89,90)(H,91,92)/t34-,37-,38-,39-,40-,41-,42?/m0/s1. The first-order valence-corrected chi connectivity index (χ1v) is 29.8. The number of carboxylic acids is 5. The van der Waals surface area contributed by atoms with E-state index in [2.05, 4.69) is 52.5 Å². The number of aldehydes is 1. The summed E-state index contributed by atoms with van der Waals surface area (Å²) in [6, 6.07) is -2.75. The Bertz CT molecular complexity index is 3080. The molecule has 3 aromatic rings. The molecule has 4 rings (SSSR count). The number of hydrogen-bond acceptors (Lipinski definition) is 25. The molecule has 7 atom stereocenters. The van der Waals surface area contributed by atoms with E-state index < -0.39 is 145 Å². The van der Waals surface area contributed by atoms with Gasteiger partial charge in [-0.3, -0.25) is 77.1 Å². The molecule has 37 nitrogen and oxygen atoms in total. The molecule has 1 aliphatic rings. The lowest BCUT2D eigenvalue weighted by Crippen LogP contribution is -2.60. The highest BCUT2D eigenvalue weighted by atomic mass is 16.5. The number of amides is 6. The zero-order valence-electron chi connectivity index (χ0n) is 51.5. The number of rotatable bonds is 42. The minimum Gasteiger partial charge on any atom is -0.481 e. The van der Waals surface area contributed by atoms with Gasteiger partial charge in [-0.1, -0.05) is 30.3 Å². The predicted molar refractivity (Wildman–Crippen MR) is 327 cm³/mol. The van der Waals surface area contributed by atoms with Crippen molar-refractivity contribution in [2.75, 3.05) is 135 Å². The second-order valence-corrected chi connectivity index (χ2v) is 21.6. The van der Waals surface area contributed by atoms with Crippen molar-refractivity contribution in [1.82, 2.24) is 61.5 Å². The number of aromatic amines is 1. The number of imidazole rings is 1. The van der Waals surface area contributed by atoms with Gasteiger partial charge in [0.1, 0.15) is 66.6 Å². The summed E-state index contributed by atoms with van der Waals surface area (Å²) in [4.78, 5) is 189. The van der Waals surface area contributed by atoms with Crippen LogP contribution in [0, 0.1) is 0 Å². The Labute approximate surface area is 536 Å². The SMILES string of the molecule is C[C@H](NC(=O)[C@H](CC(=O)O)NC(=O)COCCOCCNc1c(NCCCC(C(=O)O)N2CCN(CC=O)CCN(CC(=O)O)CCN(CC(=O)O)CC2)c(=O)c1=O)C(=O)N[C@@H](Cc1c[nH]cn1)C(=O)N[C@@H](CO)C(=O)N[C@@H](Cc1ccccc1)C(=O)N[C@@H](CO)C(=O)O. The van der Waals surface area contributed by atoms with E-state index in [1.54, 1.807) is 49.9 Å². The van der Waals surface area contributed by atoms with Crippen molar-refractivity contribution < 1.29 is 103 Å². The van der Waals surface area contributed by atoms with E-state index in [0.717, 1.165) is 0 Å². The van der Waals surface area contributed by atoms with Crippen molar-refractivity contribution in [2.45, 2.75) is 81.3 Å². The van der Waals surface area contributed by atoms with Gasteiger partial charge in [-0.05, 0) is 25.3 Å². The highest BCUT2D eigenvalue weighted by Crippen LogP contribution is 2.16. The summed E-state index contributed by atoms with van der Waals surface area (Å²) in [5.41, 5.74) is -0.942. The van der Waals surface area contributed by atoms with Gasteiger partial charge in [-0.2, -0.15) is 0 Å². The maximum absolute atomic E-state index is 13.8. The van der Waals surface area contributed by atoms with Gasteiger partial charge in [0.15, 0.2) is 0 Å². The molecule has 1 unspecified atom stereocenters. The summed E-state index contributed by atoms with van der Waals surface area (Å²) in [7, 11) is 0. The highest BCUT2D eigenvalue weighted by molar-refractivity contribution is 5.97. The van der Waals surface area contributed by atoms with Gasteiger partial charge >= 0.3 is 29.8 Å². The molecule has 1 fully saturated rings. The molecule has 94 heavy (non-hydrogen) atoms. The smallest absolute Gasteiger partial charge is 0.328 e. The third-order valence-electron chi connectivity index (χ3n) is 14.6. The largest absolute Gasteiger partial charge is 0.481 e. The normalized spacial score (nSPS) is 15.9. The van der Waals surface area contributed by atoms with E-state index in [1.807, 2.05) is 0 Å². The molecule has 0 bridgehead atoms. The number of carboxylic acid groups (broad SMARTS) is 5. The molecule has 37 heteroatoms. The molecule has 2 heterocycles. The summed E-state index contributed by atoms with van der Waals surface area (Å²) in [5, 5.41) is 87.2. The van der Waals surface area contributed by atoms with Gasteiger partial charge in [0.2, 0.25) is 35.4 Å². The van der Waals surface area contributed by atoms with Crippen LogP contribution in [-0.2, 0) is 79.8 Å². The third kappa shape index (κ3) is 27.1. The van der Waals surface area contributed by atoms with Crippen LogP contribution in [-0.4, -0.2) is 304 Å². The van der Waals surface area contributed by atoms with Crippen molar-refractivity contribution in [1.29, 1.82) is 0 Å². The monoisotopic (exact) mass is 1330 g/mol. The minimum atomic E-state index is -1.78. The van der Waals surface area contributed by atoms with Crippen molar-refractivity contribution in [3.63, 3.8) is 0 Å².